The highest BCUT2D eigenvalue weighted by Gasteiger charge is 2.08. The Morgan fingerprint density at radius 2 is 2.06 bits per heavy atom. The summed E-state index contributed by atoms with van der Waals surface area (Å²) in [5, 5.41) is 0. The maximum Gasteiger partial charge on any atom is 0.167 e. The number of nitrogens with two attached hydrogens (primary N) is 1. The van der Waals surface area contributed by atoms with Crippen LogP contribution in [0.1, 0.15) is 6.92 Å². The molecule has 0 bridgehead atoms. The number of benzene rings is 1. The van der Waals surface area contributed by atoms with E-state index in [0.29, 0.717) is 28.3 Å². The number of anilines is 1. The van der Waals surface area contributed by atoms with E-state index in [1.807, 2.05) is 31.2 Å². The highest BCUT2D eigenvalue weighted by Crippen LogP contribution is 2.34. The molecule has 2 aromatic rings. The second kappa shape index (κ2) is 5.73. The van der Waals surface area contributed by atoms with Crippen molar-refractivity contribution >= 4 is 21.6 Å². The maximum absolute atomic E-state index is 5.82. The fraction of sp³-hybridized carbons (Fsp3) is 0.154. The van der Waals surface area contributed by atoms with Crippen LogP contribution in [0.3, 0.4) is 0 Å². The lowest BCUT2D eigenvalue weighted by atomic mass is 10.3. The monoisotopic (exact) mass is 308 g/mol. The highest BCUT2D eigenvalue weighted by atomic mass is 79.9. The van der Waals surface area contributed by atoms with E-state index in [4.69, 9.17) is 15.2 Å². The minimum Gasteiger partial charge on any atom is -0.494 e. The summed E-state index contributed by atoms with van der Waals surface area (Å²) in [5.41, 5.74) is 6.30. The van der Waals surface area contributed by atoms with Gasteiger partial charge in [-0.25, -0.2) is 0 Å². The van der Waals surface area contributed by atoms with Crippen LogP contribution in [0.5, 0.6) is 17.2 Å². The van der Waals surface area contributed by atoms with Gasteiger partial charge in [0.15, 0.2) is 5.75 Å². The Hall–Kier alpha value is -1.75. The third kappa shape index (κ3) is 2.92. The van der Waals surface area contributed by atoms with E-state index in [1.54, 1.807) is 12.4 Å². The molecule has 0 saturated heterocycles. The zero-order chi connectivity index (χ0) is 13.0. The lowest BCUT2D eigenvalue weighted by molar-refractivity contribution is 0.338. The van der Waals surface area contributed by atoms with E-state index in [1.165, 1.54) is 0 Å². The zero-order valence-corrected chi connectivity index (χ0v) is 11.5. The molecule has 4 nitrogen and oxygen atoms in total. The van der Waals surface area contributed by atoms with Crippen molar-refractivity contribution in [2.75, 3.05) is 12.3 Å². The summed E-state index contributed by atoms with van der Waals surface area (Å²) in [6.45, 7) is 2.55. The molecular weight excluding hydrogens is 296 g/mol. The van der Waals surface area contributed by atoms with Crippen LogP contribution in [-0.2, 0) is 0 Å². The van der Waals surface area contributed by atoms with Crippen LogP contribution in [0.2, 0.25) is 0 Å². The van der Waals surface area contributed by atoms with Gasteiger partial charge in [0.2, 0.25) is 0 Å². The molecule has 0 saturated carbocycles. The molecule has 1 aromatic carbocycles. The Morgan fingerprint density at radius 3 is 2.78 bits per heavy atom. The summed E-state index contributed by atoms with van der Waals surface area (Å²) in [4.78, 5) is 3.96. The Kier molecular flexibility index (Phi) is 4.04. The molecule has 0 spiro atoms. The van der Waals surface area contributed by atoms with Crippen LogP contribution in [-0.4, -0.2) is 11.6 Å². The van der Waals surface area contributed by atoms with Gasteiger partial charge < -0.3 is 15.2 Å². The van der Waals surface area contributed by atoms with Crippen molar-refractivity contribution in [1.29, 1.82) is 0 Å². The number of nitrogens with zero attached hydrogens (tertiary/aromatic N) is 1. The van der Waals surface area contributed by atoms with Crippen molar-refractivity contribution in [2.24, 2.45) is 0 Å². The largest absolute Gasteiger partial charge is 0.494 e. The predicted molar refractivity (Wildman–Crippen MR) is 74.0 cm³/mol. The number of halogens is 1. The van der Waals surface area contributed by atoms with E-state index < -0.39 is 0 Å². The average molecular weight is 309 g/mol. The second-order valence-corrected chi connectivity index (χ2v) is 4.40. The molecule has 0 amide bonds. The number of hydrogen-bond acceptors (Lipinski definition) is 4. The number of pyridine rings is 1. The molecule has 2 N–H and O–H groups in total. The fourth-order valence-corrected chi connectivity index (χ4v) is 1.89. The molecular formula is C13H13BrN2O2. The summed E-state index contributed by atoms with van der Waals surface area (Å²) in [5.74, 6) is 1.98. The molecule has 0 aliphatic heterocycles. The summed E-state index contributed by atoms with van der Waals surface area (Å²) < 4.78 is 11.9. The lowest BCUT2D eigenvalue weighted by Gasteiger charge is -2.11. The van der Waals surface area contributed by atoms with Gasteiger partial charge in [0.1, 0.15) is 11.5 Å². The standard InChI is InChI=1S/C13H13BrN2O2/c1-2-17-9-4-3-5-10(6-9)18-13-11(14)7-16-8-12(13)15/h3-8H,2,15H2,1H3. The van der Waals surface area contributed by atoms with E-state index >= 15 is 0 Å². The van der Waals surface area contributed by atoms with Gasteiger partial charge >= 0.3 is 0 Å². The van der Waals surface area contributed by atoms with Gasteiger partial charge in [-0.05, 0) is 35.0 Å². The Morgan fingerprint density at radius 1 is 1.28 bits per heavy atom. The quantitative estimate of drug-likeness (QED) is 0.937. The van der Waals surface area contributed by atoms with E-state index in [0.717, 1.165) is 5.75 Å². The van der Waals surface area contributed by atoms with E-state index in [9.17, 15) is 0 Å². The molecule has 0 unspecified atom stereocenters. The predicted octanol–water partition coefficient (Wildman–Crippen LogP) is 3.62. The first kappa shape index (κ1) is 12.7. The van der Waals surface area contributed by atoms with Crippen molar-refractivity contribution in [2.45, 2.75) is 6.92 Å². The number of aromatic nitrogens is 1. The van der Waals surface area contributed by atoms with Crippen LogP contribution < -0.4 is 15.2 Å². The minimum absolute atomic E-state index is 0.478. The molecule has 1 heterocycles. The van der Waals surface area contributed by atoms with Crippen molar-refractivity contribution in [3.63, 3.8) is 0 Å². The molecule has 0 radical (unpaired) electrons. The summed E-state index contributed by atoms with van der Waals surface area (Å²) >= 11 is 3.36. The lowest BCUT2D eigenvalue weighted by Crippen LogP contribution is -1.95. The molecule has 2 rings (SSSR count). The topological polar surface area (TPSA) is 57.4 Å². The van der Waals surface area contributed by atoms with Crippen LogP contribution in [0, 0.1) is 0 Å². The number of rotatable bonds is 4. The first-order valence-corrected chi connectivity index (χ1v) is 6.29. The Balaban J connectivity index is 2.26. The van der Waals surface area contributed by atoms with Crippen molar-refractivity contribution in [3.8, 4) is 17.2 Å². The third-order valence-corrected chi connectivity index (χ3v) is 2.78. The Labute approximate surface area is 114 Å². The molecule has 18 heavy (non-hydrogen) atoms. The van der Waals surface area contributed by atoms with Gasteiger partial charge in [-0.3, -0.25) is 4.98 Å². The maximum atomic E-state index is 5.82. The normalized spacial score (nSPS) is 10.1. The molecule has 0 aliphatic carbocycles. The molecule has 0 atom stereocenters. The fourth-order valence-electron chi connectivity index (χ4n) is 1.46. The summed E-state index contributed by atoms with van der Waals surface area (Å²) in [6.07, 6.45) is 3.19. The van der Waals surface area contributed by atoms with E-state index in [2.05, 4.69) is 20.9 Å². The minimum atomic E-state index is 0.478. The zero-order valence-electron chi connectivity index (χ0n) is 9.89. The van der Waals surface area contributed by atoms with Crippen LogP contribution in [0.4, 0.5) is 5.69 Å². The number of ether oxygens (including phenoxy) is 2. The van der Waals surface area contributed by atoms with Crippen molar-refractivity contribution in [1.82, 2.24) is 4.98 Å². The third-order valence-electron chi connectivity index (χ3n) is 2.22. The smallest absolute Gasteiger partial charge is 0.167 e. The van der Waals surface area contributed by atoms with Gasteiger partial charge in [0.25, 0.3) is 0 Å². The SMILES string of the molecule is CCOc1cccc(Oc2c(N)cncc2Br)c1. The molecule has 0 fully saturated rings. The molecule has 0 aliphatic rings. The van der Waals surface area contributed by atoms with E-state index in [-0.39, 0.29) is 0 Å². The average Bonchev–Trinajstić information content (AvgIpc) is 2.35. The van der Waals surface area contributed by atoms with Crippen LogP contribution in [0.15, 0.2) is 41.1 Å². The van der Waals surface area contributed by atoms with Crippen LogP contribution in [0.25, 0.3) is 0 Å². The van der Waals surface area contributed by atoms with Gasteiger partial charge in [-0.2, -0.15) is 0 Å². The number of hydrogen-bond donors (Lipinski definition) is 1. The first-order valence-electron chi connectivity index (χ1n) is 5.50. The molecule has 1 aromatic heterocycles. The summed E-state index contributed by atoms with van der Waals surface area (Å²) in [6, 6.07) is 7.40. The van der Waals surface area contributed by atoms with Gasteiger partial charge in [-0.1, -0.05) is 6.07 Å². The van der Waals surface area contributed by atoms with Crippen molar-refractivity contribution in [3.05, 3.63) is 41.1 Å². The molecule has 94 valence electrons. The van der Waals surface area contributed by atoms with Gasteiger partial charge in [-0.15, -0.1) is 0 Å². The van der Waals surface area contributed by atoms with Crippen LogP contribution >= 0.6 is 15.9 Å². The summed E-state index contributed by atoms with van der Waals surface area (Å²) in [7, 11) is 0. The number of nitrogen functional groups attached to an aromatic ring is 1. The molecule has 5 heteroatoms. The highest BCUT2D eigenvalue weighted by molar-refractivity contribution is 9.10. The van der Waals surface area contributed by atoms with Gasteiger partial charge in [0, 0.05) is 12.3 Å². The second-order valence-electron chi connectivity index (χ2n) is 3.55. The van der Waals surface area contributed by atoms with Gasteiger partial charge in [0.05, 0.1) is 23.0 Å². The van der Waals surface area contributed by atoms with Crippen molar-refractivity contribution < 1.29 is 9.47 Å². The Bertz CT molecular complexity index is 526. The first-order chi connectivity index (χ1) is 8.70.